The highest BCUT2D eigenvalue weighted by Crippen LogP contribution is 2.21. The van der Waals surface area contributed by atoms with E-state index in [1.165, 1.54) is 11.8 Å². The highest BCUT2D eigenvalue weighted by atomic mass is 32.2. The summed E-state index contributed by atoms with van der Waals surface area (Å²) in [6, 6.07) is 7.44. The average Bonchev–Trinajstić information content (AvgIpc) is 2.74. The van der Waals surface area contributed by atoms with Gasteiger partial charge < -0.3 is 10.1 Å². The van der Waals surface area contributed by atoms with Crippen molar-refractivity contribution < 1.29 is 14.3 Å². The maximum Gasteiger partial charge on any atom is 0.328 e. The summed E-state index contributed by atoms with van der Waals surface area (Å²) in [5, 5.41) is 2.68. The topological polar surface area (TPSA) is 55.4 Å². The van der Waals surface area contributed by atoms with Crippen molar-refractivity contribution in [2.75, 3.05) is 12.4 Å². The fraction of sp³-hybridized carbons (Fsp3) is 0.385. The molecule has 1 atom stereocenters. The SMILES string of the molecule is Cc1ccccc1SCC(=O)N[C@@H]1CCOC1=O. The zero-order valence-corrected chi connectivity index (χ0v) is 11.0. The first-order valence-electron chi connectivity index (χ1n) is 5.81. The molecule has 0 bridgehead atoms. The number of cyclic esters (lactones) is 1. The molecular weight excluding hydrogens is 250 g/mol. The molecule has 0 spiro atoms. The van der Waals surface area contributed by atoms with Gasteiger partial charge in [-0.25, -0.2) is 4.79 Å². The molecule has 0 saturated carbocycles. The standard InChI is InChI=1S/C13H15NO3S/c1-9-4-2-3-5-11(9)18-8-12(15)14-10-6-7-17-13(10)16/h2-5,10H,6-8H2,1H3,(H,14,15)/t10-/m1/s1. The maximum atomic E-state index is 11.7. The van der Waals surface area contributed by atoms with Crippen molar-refractivity contribution in [1.82, 2.24) is 5.32 Å². The van der Waals surface area contributed by atoms with Crippen molar-refractivity contribution >= 4 is 23.6 Å². The van der Waals surface area contributed by atoms with E-state index in [0.717, 1.165) is 10.5 Å². The Morgan fingerprint density at radius 2 is 2.28 bits per heavy atom. The van der Waals surface area contributed by atoms with Crippen LogP contribution in [0.15, 0.2) is 29.2 Å². The molecule has 1 saturated heterocycles. The van der Waals surface area contributed by atoms with E-state index < -0.39 is 6.04 Å². The molecule has 4 nitrogen and oxygen atoms in total. The first-order valence-corrected chi connectivity index (χ1v) is 6.80. The number of aryl methyl sites for hydroxylation is 1. The first-order chi connectivity index (χ1) is 8.66. The Hall–Kier alpha value is -1.49. The van der Waals surface area contributed by atoms with Gasteiger partial charge >= 0.3 is 5.97 Å². The maximum absolute atomic E-state index is 11.7. The molecule has 0 unspecified atom stereocenters. The van der Waals surface area contributed by atoms with Crippen LogP contribution >= 0.6 is 11.8 Å². The van der Waals surface area contributed by atoms with E-state index in [4.69, 9.17) is 4.74 Å². The molecule has 2 rings (SSSR count). The Labute approximate surface area is 110 Å². The van der Waals surface area contributed by atoms with Crippen LogP contribution < -0.4 is 5.32 Å². The number of amides is 1. The van der Waals surface area contributed by atoms with Crippen molar-refractivity contribution in [3.63, 3.8) is 0 Å². The van der Waals surface area contributed by atoms with Crippen LogP contribution in [0, 0.1) is 6.92 Å². The predicted octanol–water partition coefficient (Wildman–Crippen LogP) is 1.52. The van der Waals surface area contributed by atoms with Crippen LogP contribution in [-0.2, 0) is 14.3 Å². The average molecular weight is 265 g/mol. The number of nitrogens with one attached hydrogen (secondary N) is 1. The van der Waals surface area contributed by atoms with Crippen molar-refractivity contribution in [3.8, 4) is 0 Å². The quantitative estimate of drug-likeness (QED) is 0.662. The molecule has 18 heavy (non-hydrogen) atoms. The molecule has 0 radical (unpaired) electrons. The molecule has 1 heterocycles. The zero-order chi connectivity index (χ0) is 13.0. The second-order valence-corrected chi connectivity index (χ2v) is 5.15. The summed E-state index contributed by atoms with van der Waals surface area (Å²) in [5.41, 5.74) is 1.15. The molecule has 0 aromatic heterocycles. The van der Waals surface area contributed by atoms with Crippen LogP contribution in [0.5, 0.6) is 0 Å². The Morgan fingerprint density at radius 3 is 2.94 bits per heavy atom. The fourth-order valence-electron chi connectivity index (χ4n) is 1.72. The number of hydrogen-bond donors (Lipinski definition) is 1. The van der Waals surface area contributed by atoms with Gasteiger partial charge in [0.1, 0.15) is 6.04 Å². The second-order valence-electron chi connectivity index (χ2n) is 4.13. The van der Waals surface area contributed by atoms with Gasteiger partial charge in [0, 0.05) is 11.3 Å². The number of hydrogen-bond acceptors (Lipinski definition) is 4. The van der Waals surface area contributed by atoms with Crippen LogP contribution in [-0.4, -0.2) is 30.3 Å². The van der Waals surface area contributed by atoms with Crippen LogP contribution in [0.2, 0.25) is 0 Å². The molecule has 1 aliphatic rings. The molecular formula is C13H15NO3S. The Bertz CT molecular complexity index is 461. The van der Waals surface area contributed by atoms with Crippen LogP contribution in [0.4, 0.5) is 0 Å². The Kier molecular flexibility index (Phi) is 4.25. The van der Waals surface area contributed by atoms with Gasteiger partial charge in [-0.1, -0.05) is 18.2 Å². The summed E-state index contributed by atoms with van der Waals surface area (Å²) < 4.78 is 4.79. The summed E-state index contributed by atoms with van der Waals surface area (Å²) in [6.45, 7) is 2.41. The lowest BCUT2D eigenvalue weighted by atomic mass is 10.2. The minimum atomic E-state index is -0.463. The summed E-state index contributed by atoms with van der Waals surface area (Å²) in [7, 11) is 0. The summed E-state index contributed by atoms with van der Waals surface area (Å²) in [5.74, 6) is -0.148. The number of rotatable bonds is 4. The van der Waals surface area contributed by atoms with E-state index in [0.29, 0.717) is 18.8 Å². The second kappa shape index (κ2) is 5.91. The predicted molar refractivity (Wildman–Crippen MR) is 69.4 cm³/mol. The van der Waals surface area contributed by atoms with Gasteiger partial charge in [-0.2, -0.15) is 0 Å². The molecule has 1 aromatic carbocycles. The highest BCUT2D eigenvalue weighted by Gasteiger charge is 2.27. The number of esters is 1. The number of carbonyl (C=O) groups is 2. The van der Waals surface area contributed by atoms with Crippen molar-refractivity contribution in [1.29, 1.82) is 0 Å². The van der Waals surface area contributed by atoms with E-state index in [2.05, 4.69) is 5.32 Å². The number of ether oxygens (including phenoxy) is 1. The number of thioether (sulfide) groups is 1. The molecule has 0 aliphatic carbocycles. The highest BCUT2D eigenvalue weighted by molar-refractivity contribution is 8.00. The van der Waals surface area contributed by atoms with E-state index in [-0.39, 0.29) is 11.9 Å². The van der Waals surface area contributed by atoms with Crippen LogP contribution in [0.3, 0.4) is 0 Å². The monoisotopic (exact) mass is 265 g/mol. The summed E-state index contributed by atoms with van der Waals surface area (Å²) >= 11 is 1.48. The van der Waals surface area contributed by atoms with E-state index >= 15 is 0 Å². The van der Waals surface area contributed by atoms with Gasteiger partial charge in [0.25, 0.3) is 0 Å². The van der Waals surface area contributed by atoms with Crippen LogP contribution in [0.1, 0.15) is 12.0 Å². The molecule has 96 valence electrons. The van der Waals surface area contributed by atoms with Crippen molar-refractivity contribution in [2.24, 2.45) is 0 Å². The Balaban J connectivity index is 1.82. The van der Waals surface area contributed by atoms with E-state index in [9.17, 15) is 9.59 Å². The summed E-state index contributed by atoms with van der Waals surface area (Å²) in [4.78, 5) is 24.0. The Morgan fingerprint density at radius 1 is 1.50 bits per heavy atom. The zero-order valence-electron chi connectivity index (χ0n) is 10.1. The molecule has 1 amide bonds. The minimum absolute atomic E-state index is 0.132. The van der Waals surface area contributed by atoms with Gasteiger partial charge in [-0.15, -0.1) is 11.8 Å². The lowest BCUT2D eigenvalue weighted by Crippen LogP contribution is -2.38. The van der Waals surface area contributed by atoms with Gasteiger partial charge in [0.05, 0.1) is 12.4 Å². The number of benzene rings is 1. The third-order valence-electron chi connectivity index (χ3n) is 2.72. The number of carbonyl (C=O) groups excluding carboxylic acids is 2. The molecule has 1 aliphatic heterocycles. The normalized spacial score (nSPS) is 18.5. The fourth-order valence-corrected chi connectivity index (χ4v) is 2.57. The van der Waals surface area contributed by atoms with E-state index in [1.807, 2.05) is 31.2 Å². The molecule has 5 heteroatoms. The lowest BCUT2D eigenvalue weighted by Gasteiger charge is -2.09. The largest absolute Gasteiger partial charge is 0.464 e. The lowest BCUT2D eigenvalue weighted by molar-refractivity contribution is -0.141. The molecule has 1 fully saturated rings. The molecule has 1 aromatic rings. The summed E-state index contributed by atoms with van der Waals surface area (Å²) in [6.07, 6.45) is 0.569. The minimum Gasteiger partial charge on any atom is -0.464 e. The van der Waals surface area contributed by atoms with Crippen molar-refractivity contribution in [3.05, 3.63) is 29.8 Å². The van der Waals surface area contributed by atoms with E-state index in [1.54, 1.807) is 0 Å². The first kappa shape index (κ1) is 13.0. The van der Waals surface area contributed by atoms with Crippen LogP contribution in [0.25, 0.3) is 0 Å². The van der Waals surface area contributed by atoms with Gasteiger partial charge in [0.15, 0.2) is 0 Å². The van der Waals surface area contributed by atoms with Gasteiger partial charge in [-0.05, 0) is 18.6 Å². The smallest absolute Gasteiger partial charge is 0.328 e. The third-order valence-corrected chi connectivity index (χ3v) is 3.90. The third kappa shape index (κ3) is 3.26. The van der Waals surface area contributed by atoms with Gasteiger partial charge in [-0.3, -0.25) is 4.79 Å². The van der Waals surface area contributed by atoms with Crippen molar-refractivity contribution in [2.45, 2.75) is 24.3 Å². The van der Waals surface area contributed by atoms with Gasteiger partial charge in [0.2, 0.25) is 5.91 Å². The molecule has 1 N–H and O–H groups in total.